The number of benzene rings is 1. The monoisotopic (exact) mass is 469 g/mol. The quantitative estimate of drug-likeness (QED) is 0.380. The molecule has 3 heterocycles. The van der Waals surface area contributed by atoms with E-state index in [1.54, 1.807) is 0 Å². The average Bonchev–Trinajstić information content (AvgIpc) is 3.56. The van der Waals surface area contributed by atoms with Crippen molar-refractivity contribution in [3.63, 3.8) is 0 Å². The largest absolute Gasteiger partial charge is 0.384 e. The summed E-state index contributed by atoms with van der Waals surface area (Å²) in [6.45, 7) is 2.56. The van der Waals surface area contributed by atoms with Gasteiger partial charge in [-0.25, -0.2) is 4.79 Å². The number of carbonyl (C=O) groups is 1. The minimum Gasteiger partial charge on any atom is -0.384 e. The number of thioether (sulfide) groups is 1. The van der Waals surface area contributed by atoms with E-state index in [0.717, 1.165) is 18.5 Å². The zero-order chi connectivity index (χ0) is 22.9. The van der Waals surface area contributed by atoms with Gasteiger partial charge >= 0.3 is 5.69 Å². The van der Waals surface area contributed by atoms with E-state index in [2.05, 4.69) is 20.1 Å². The first-order valence-electron chi connectivity index (χ1n) is 10.7. The summed E-state index contributed by atoms with van der Waals surface area (Å²) in [6, 6.07) is 9.56. The van der Waals surface area contributed by atoms with Gasteiger partial charge in [-0.15, -0.1) is 10.2 Å². The third kappa shape index (κ3) is 4.18. The highest BCUT2D eigenvalue weighted by Crippen LogP contribution is 2.35. The number of morpholine rings is 1. The van der Waals surface area contributed by atoms with Crippen molar-refractivity contribution in [3.8, 4) is 5.69 Å². The Hall–Kier alpha value is -3.38. The fraction of sp³-hybridized carbons (Fsp3) is 0.381. The molecular weight excluding hydrogens is 446 g/mol. The van der Waals surface area contributed by atoms with Crippen molar-refractivity contribution in [2.75, 3.05) is 42.7 Å². The van der Waals surface area contributed by atoms with E-state index in [0.29, 0.717) is 37.4 Å². The molecule has 0 radical (unpaired) electrons. The maximum absolute atomic E-state index is 13.0. The third-order valence-electron chi connectivity index (χ3n) is 5.63. The summed E-state index contributed by atoms with van der Waals surface area (Å²) >= 11 is 1.17. The number of ketones is 1. The molecule has 3 aromatic rings. The molecule has 3 N–H and O–H groups in total. The lowest BCUT2D eigenvalue weighted by Gasteiger charge is -2.27. The highest BCUT2D eigenvalue weighted by atomic mass is 32.2. The molecule has 172 valence electrons. The van der Waals surface area contributed by atoms with E-state index < -0.39 is 17.0 Å². The van der Waals surface area contributed by atoms with Gasteiger partial charge in [-0.2, -0.15) is 0 Å². The van der Waals surface area contributed by atoms with Gasteiger partial charge in [0.15, 0.2) is 10.9 Å². The van der Waals surface area contributed by atoms with Gasteiger partial charge in [-0.1, -0.05) is 30.0 Å². The van der Waals surface area contributed by atoms with Crippen LogP contribution in [0.4, 0.5) is 11.8 Å². The zero-order valence-corrected chi connectivity index (χ0v) is 18.6. The smallest absolute Gasteiger partial charge is 0.330 e. The SMILES string of the molecule is Nc1c(C(=O)CSc2nnc(N3CCOCC3)n2-c2ccccc2)c(=O)[nH]c(=O)n1C1CC1. The number of nitrogen functional groups attached to an aromatic ring is 1. The van der Waals surface area contributed by atoms with E-state index >= 15 is 0 Å². The number of hydrogen-bond acceptors (Lipinski definition) is 9. The molecule has 1 aromatic carbocycles. The van der Waals surface area contributed by atoms with Crippen LogP contribution in [0.2, 0.25) is 0 Å². The molecule has 5 rings (SSSR count). The Labute approximate surface area is 192 Å². The number of ether oxygens (including phenoxy) is 1. The second-order valence-corrected chi connectivity index (χ2v) is 8.83. The van der Waals surface area contributed by atoms with Gasteiger partial charge in [-0.05, 0) is 25.0 Å². The minimum atomic E-state index is -0.765. The van der Waals surface area contributed by atoms with Crippen LogP contribution < -0.4 is 21.9 Å². The molecule has 1 saturated heterocycles. The van der Waals surface area contributed by atoms with E-state index in [-0.39, 0.29) is 23.2 Å². The van der Waals surface area contributed by atoms with Crippen molar-refractivity contribution in [1.29, 1.82) is 0 Å². The van der Waals surface area contributed by atoms with Gasteiger partial charge < -0.3 is 15.4 Å². The van der Waals surface area contributed by atoms with E-state index in [1.807, 2.05) is 34.9 Å². The molecule has 11 nitrogen and oxygen atoms in total. The number of para-hydroxylation sites is 1. The number of carbonyl (C=O) groups excluding carboxylic acids is 1. The fourth-order valence-electron chi connectivity index (χ4n) is 3.86. The lowest BCUT2D eigenvalue weighted by Crippen LogP contribution is -2.37. The van der Waals surface area contributed by atoms with Gasteiger partial charge in [-0.3, -0.25) is 23.7 Å². The molecule has 2 aromatic heterocycles. The number of nitrogens with two attached hydrogens (primary N) is 1. The number of Topliss-reactive ketones (excluding diaryl/α,β-unsaturated/α-hetero) is 1. The number of H-pyrrole nitrogens is 1. The number of nitrogens with one attached hydrogen (secondary N) is 1. The van der Waals surface area contributed by atoms with Crippen LogP contribution in [0.15, 0.2) is 45.1 Å². The van der Waals surface area contributed by atoms with Gasteiger partial charge in [0.25, 0.3) is 5.56 Å². The molecule has 1 aliphatic heterocycles. The summed E-state index contributed by atoms with van der Waals surface area (Å²) < 4.78 is 8.64. The van der Waals surface area contributed by atoms with E-state index in [1.165, 1.54) is 16.3 Å². The summed E-state index contributed by atoms with van der Waals surface area (Å²) in [7, 11) is 0. The molecule has 1 aliphatic carbocycles. The molecule has 1 saturated carbocycles. The van der Waals surface area contributed by atoms with Crippen LogP contribution in [0.3, 0.4) is 0 Å². The van der Waals surface area contributed by atoms with Crippen molar-refractivity contribution in [1.82, 2.24) is 24.3 Å². The van der Waals surface area contributed by atoms with Gasteiger partial charge in [0.05, 0.1) is 24.7 Å². The maximum Gasteiger partial charge on any atom is 0.330 e. The first-order valence-corrected chi connectivity index (χ1v) is 11.7. The number of aromatic nitrogens is 5. The summed E-state index contributed by atoms with van der Waals surface area (Å²) in [5.74, 6) is 0.0442. The lowest BCUT2D eigenvalue weighted by molar-refractivity contribution is 0.102. The van der Waals surface area contributed by atoms with Crippen molar-refractivity contribution < 1.29 is 9.53 Å². The molecule has 2 aliphatic rings. The second kappa shape index (κ2) is 8.87. The Morgan fingerprint density at radius 3 is 2.58 bits per heavy atom. The first kappa shape index (κ1) is 21.5. The normalized spacial score (nSPS) is 16.2. The Morgan fingerprint density at radius 2 is 1.88 bits per heavy atom. The number of anilines is 2. The average molecular weight is 470 g/mol. The summed E-state index contributed by atoms with van der Waals surface area (Å²) in [5.41, 5.74) is 5.41. The standard InChI is InChI=1S/C21H23N7O4S/c22-17-16(18(30)23-20(31)27(17)14-6-7-14)15(29)12-33-21-25-24-19(26-8-10-32-11-9-26)28(21)13-4-2-1-3-5-13/h1-5,14H,6-12,22H2,(H,23,30,31). The molecule has 12 heteroatoms. The molecule has 0 unspecified atom stereocenters. The van der Waals surface area contributed by atoms with Crippen molar-refractivity contribution >= 4 is 29.3 Å². The summed E-state index contributed by atoms with van der Waals surface area (Å²) in [4.78, 5) is 41.8. The van der Waals surface area contributed by atoms with E-state index in [4.69, 9.17) is 10.5 Å². The highest BCUT2D eigenvalue weighted by Gasteiger charge is 2.30. The van der Waals surface area contributed by atoms with Gasteiger partial charge in [0.2, 0.25) is 5.95 Å². The maximum atomic E-state index is 13.0. The number of aromatic amines is 1. The lowest BCUT2D eigenvalue weighted by atomic mass is 10.2. The van der Waals surface area contributed by atoms with Crippen molar-refractivity contribution in [2.45, 2.75) is 24.0 Å². The van der Waals surface area contributed by atoms with Crippen LogP contribution >= 0.6 is 11.8 Å². The number of hydrogen-bond donors (Lipinski definition) is 2. The van der Waals surface area contributed by atoms with Crippen molar-refractivity contribution in [3.05, 3.63) is 56.7 Å². The Bertz CT molecular complexity index is 1290. The molecule has 0 bridgehead atoms. The molecule has 0 amide bonds. The van der Waals surface area contributed by atoms with Crippen LogP contribution in [0.25, 0.3) is 5.69 Å². The number of nitrogens with zero attached hydrogens (tertiary/aromatic N) is 5. The predicted molar refractivity (Wildman–Crippen MR) is 123 cm³/mol. The first-order chi connectivity index (χ1) is 16.0. The second-order valence-electron chi connectivity index (χ2n) is 7.89. The number of rotatable bonds is 7. The summed E-state index contributed by atoms with van der Waals surface area (Å²) in [5, 5.41) is 9.20. The topological polar surface area (TPSA) is 141 Å². The highest BCUT2D eigenvalue weighted by molar-refractivity contribution is 7.99. The van der Waals surface area contributed by atoms with Crippen LogP contribution in [0.5, 0.6) is 0 Å². The van der Waals surface area contributed by atoms with Gasteiger partial charge in [0, 0.05) is 19.1 Å². The molecule has 33 heavy (non-hydrogen) atoms. The molecule has 0 spiro atoms. The molecule has 2 fully saturated rings. The molecular formula is C21H23N7O4S. The van der Waals surface area contributed by atoms with Crippen LogP contribution in [0.1, 0.15) is 29.2 Å². The fourth-order valence-corrected chi connectivity index (χ4v) is 4.68. The predicted octanol–water partition coefficient (Wildman–Crippen LogP) is 0.846. The third-order valence-corrected chi connectivity index (χ3v) is 6.56. The van der Waals surface area contributed by atoms with Crippen molar-refractivity contribution in [2.24, 2.45) is 0 Å². The Kier molecular flexibility index (Phi) is 5.77. The Morgan fingerprint density at radius 1 is 1.15 bits per heavy atom. The zero-order valence-electron chi connectivity index (χ0n) is 17.8. The van der Waals surface area contributed by atoms with Crippen LogP contribution in [-0.2, 0) is 4.74 Å². The van der Waals surface area contributed by atoms with Crippen LogP contribution in [0, 0.1) is 0 Å². The Balaban J connectivity index is 1.44. The van der Waals surface area contributed by atoms with E-state index in [9.17, 15) is 14.4 Å². The summed E-state index contributed by atoms with van der Waals surface area (Å²) in [6.07, 6.45) is 1.59. The van der Waals surface area contributed by atoms with Crippen LogP contribution in [-0.4, -0.2) is 62.2 Å². The van der Waals surface area contributed by atoms with Gasteiger partial charge in [0.1, 0.15) is 11.4 Å². The molecule has 0 atom stereocenters. The minimum absolute atomic E-state index is 0.0641.